The van der Waals surface area contributed by atoms with Crippen molar-refractivity contribution in [1.82, 2.24) is 9.97 Å². The highest BCUT2D eigenvalue weighted by molar-refractivity contribution is 8.01. The van der Waals surface area contributed by atoms with Crippen molar-refractivity contribution in [2.75, 3.05) is 0 Å². The molecule has 0 unspecified atom stereocenters. The second-order valence-corrected chi connectivity index (χ2v) is 5.97. The van der Waals surface area contributed by atoms with E-state index in [0.29, 0.717) is 15.6 Å². The van der Waals surface area contributed by atoms with E-state index in [4.69, 9.17) is 5.11 Å². The molecule has 0 aliphatic carbocycles. The molecular formula is C11H9N3O4S2. The van der Waals surface area contributed by atoms with Crippen LogP contribution >= 0.6 is 23.1 Å². The van der Waals surface area contributed by atoms with E-state index >= 15 is 0 Å². The maximum Gasteiger partial charge on any atom is 0.309 e. The fourth-order valence-corrected chi connectivity index (χ4v) is 3.19. The minimum Gasteiger partial charge on any atom is -0.481 e. The van der Waals surface area contributed by atoms with Gasteiger partial charge < -0.3 is 5.11 Å². The SMILES string of the molecule is Cc1cnc(Sc2nc(CC(=O)O)cs2)c([N+](=O)[O-])c1. The zero-order valence-electron chi connectivity index (χ0n) is 10.3. The lowest BCUT2D eigenvalue weighted by atomic mass is 10.3. The van der Waals surface area contributed by atoms with E-state index in [9.17, 15) is 14.9 Å². The van der Waals surface area contributed by atoms with E-state index < -0.39 is 10.9 Å². The summed E-state index contributed by atoms with van der Waals surface area (Å²) in [5.74, 6) is -0.966. The molecule has 0 atom stereocenters. The first-order valence-corrected chi connectivity index (χ1v) is 7.10. The Labute approximate surface area is 121 Å². The molecule has 0 saturated heterocycles. The lowest BCUT2D eigenvalue weighted by molar-refractivity contribution is -0.388. The zero-order chi connectivity index (χ0) is 14.7. The van der Waals surface area contributed by atoms with Crippen molar-refractivity contribution in [2.45, 2.75) is 22.7 Å². The van der Waals surface area contributed by atoms with Gasteiger partial charge in [-0.05, 0) is 24.2 Å². The predicted octanol–water partition coefficient (Wildman–Crippen LogP) is 2.53. The van der Waals surface area contributed by atoms with Crippen LogP contribution in [0.15, 0.2) is 27.0 Å². The van der Waals surface area contributed by atoms with Gasteiger partial charge in [0.1, 0.15) is 0 Å². The summed E-state index contributed by atoms with van der Waals surface area (Å²) in [6, 6.07) is 1.45. The second-order valence-electron chi connectivity index (χ2n) is 3.87. The second kappa shape index (κ2) is 5.97. The normalized spacial score (nSPS) is 10.4. The van der Waals surface area contributed by atoms with Crippen molar-refractivity contribution in [3.63, 3.8) is 0 Å². The fourth-order valence-electron chi connectivity index (χ4n) is 1.40. The van der Waals surface area contributed by atoms with Crippen molar-refractivity contribution < 1.29 is 14.8 Å². The lowest BCUT2D eigenvalue weighted by Gasteiger charge is -2.00. The molecule has 0 aliphatic rings. The number of nitro groups is 1. The molecule has 1 N–H and O–H groups in total. The monoisotopic (exact) mass is 311 g/mol. The van der Waals surface area contributed by atoms with Crippen LogP contribution in [0.4, 0.5) is 5.69 Å². The molecule has 20 heavy (non-hydrogen) atoms. The Morgan fingerprint density at radius 1 is 1.60 bits per heavy atom. The smallest absolute Gasteiger partial charge is 0.309 e. The van der Waals surface area contributed by atoms with Gasteiger partial charge in [0.25, 0.3) is 0 Å². The first kappa shape index (κ1) is 14.4. The van der Waals surface area contributed by atoms with Gasteiger partial charge in [-0.15, -0.1) is 11.3 Å². The molecule has 2 rings (SSSR count). The summed E-state index contributed by atoms with van der Waals surface area (Å²) in [5, 5.41) is 21.5. The summed E-state index contributed by atoms with van der Waals surface area (Å²) in [4.78, 5) is 29.2. The molecule has 0 aliphatic heterocycles. The van der Waals surface area contributed by atoms with Crippen molar-refractivity contribution in [1.29, 1.82) is 0 Å². The number of carboxylic acids is 1. The van der Waals surface area contributed by atoms with Crippen LogP contribution in [0.25, 0.3) is 0 Å². The van der Waals surface area contributed by atoms with Gasteiger partial charge in [0.15, 0.2) is 9.37 Å². The van der Waals surface area contributed by atoms with E-state index in [-0.39, 0.29) is 17.1 Å². The number of pyridine rings is 1. The third-order valence-electron chi connectivity index (χ3n) is 2.21. The lowest BCUT2D eigenvalue weighted by Crippen LogP contribution is -1.99. The van der Waals surface area contributed by atoms with Gasteiger partial charge in [-0.3, -0.25) is 14.9 Å². The molecule has 0 fully saturated rings. The van der Waals surface area contributed by atoms with Crippen LogP contribution in [0.5, 0.6) is 0 Å². The van der Waals surface area contributed by atoms with Gasteiger partial charge in [0, 0.05) is 17.6 Å². The number of aryl methyl sites for hydroxylation is 1. The third-order valence-corrected chi connectivity index (χ3v) is 4.21. The van der Waals surface area contributed by atoms with Gasteiger partial charge in [-0.1, -0.05) is 0 Å². The molecule has 2 heterocycles. The van der Waals surface area contributed by atoms with Crippen molar-refractivity contribution >= 4 is 34.8 Å². The van der Waals surface area contributed by atoms with Crippen LogP contribution < -0.4 is 0 Å². The summed E-state index contributed by atoms with van der Waals surface area (Å²) in [5.41, 5.74) is 1.05. The Morgan fingerprint density at radius 2 is 2.35 bits per heavy atom. The Morgan fingerprint density at radius 3 is 3.00 bits per heavy atom. The standard InChI is InChI=1S/C11H9N3O4S2/c1-6-2-8(14(17)18)10(12-4-6)20-11-13-7(5-19-11)3-9(15)16/h2,4-5H,3H2,1H3,(H,15,16). The molecule has 0 spiro atoms. The predicted molar refractivity (Wildman–Crippen MR) is 73.2 cm³/mol. The summed E-state index contributed by atoms with van der Waals surface area (Å²) in [6.07, 6.45) is 1.38. The average Bonchev–Trinajstić information content (AvgIpc) is 2.77. The molecular weight excluding hydrogens is 302 g/mol. The molecule has 2 aromatic rings. The first-order chi connectivity index (χ1) is 9.45. The van der Waals surface area contributed by atoms with E-state index in [1.165, 1.54) is 17.4 Å². The fraction of sp³-hybridized carbons (Fsp3) is 0.182. The summed E-state index contributed by atoms with van der Waals surface area (Å²) in [6.45, 7) is 1.73. The number of carboxylic acid groups (broad SMARTS) is 1. The number of carbonyl (C=O) groups is 1. The molecule has 2 aromatic heterocycles. The maximum atomic E-state index is 11.0. The minimum absolute atomic E-state index is 0.0787. The topological polar surface area (TPSA) is 106 Å². The number of hydrogen-bond donors (Lipinski definition) is 1. The third kappa shape index (κ3) is 3.52. The number of thiazole rings is 1. The van der Waals surface area contributed by atoms with E-state index in [0.717, 1.165) is 11.8 Å². The number of aromatic nitrogens is 2. The number of aliphatic carboxylic acids is 1. The average molecular weight is 311 g/mol. The van der Waals surface area contributed by atoms with Crippen molar-refractivity contribution in [3.8, 4) is 0 Å². The van der Waals surface area contributed by atoms with Crippen LogP contribution in [0.3, 0.4) is 0 Å². The van der Waals surface area contributed by atoms with Crippen LogP contribution in [0.2, 0.25) is 0 Å². The van der Waals surface area contributed by atoms with Gasteiger partial charge >= 0.3 is 11.7 Å². The van der Waals surface area contributed by atoms with Crippen LogP contribution in [0, 0.1) is 17.0 Å². The molecule has 104 valence electrons. The Balaban J connectivity index is 2.23. The zero-order valence-corrected chi connectivity index (χ0v) is 11.9. The molecule has 0 amide bonds. The molecule has 9 heteroatoms. The van der Waals surface area contributed by atoms with E-state index in [1.807, 2.05) is 0 Å². The summed E-state index contributed by atoms with van der Waals surface area (Å²) >= 11 is 2.30. The Kier molecular flexibility index (Phi) is 4.30. The van der Waals surface area contributed by atoms with E-state index in [2.05, 4.69) is 9.97 Å². The van der Waals surface area contributed by atoms with Crippen molar-refractivity contribution in [3.05, 3.63) is 39.0 Å². The Hall–Kier alpha value is -2.00. The molecule has 0 aromatic carbocycles. The maximum absolute atomic E-state index is 11.0. The number of nitrogens with zero attached hydrogens (tertiary/aromatic N) is 3. The van der Waals surface area contributed by atoms with Crippen LogP contribution in [0.1, 0.15) is 11.3 Å². The van der Waals surface area contributed by atoms with Crippen LogP contribution in [-0.2, 0) is 11.2 Å². The van der Waals surface area contributed by atoms with Crippen LogP contribution in [-0.4, -0.2) is 26.0 Å². The number of hydrogen-bond acceptors (Lipinski definition) is 7. The quantitative estimate of drug-likeness (QED) is 0.668. The Bertz CT molecular complexity index is 671. The highest BCUT2D eigenvalue weighted by atomic mass is 32.2. The molecule has 0 radical (unpaired) electrons. The summed E-state index contributed by atoms with van der Waals surface area (Å²) in [7, 11) is 0. The highest BCUT2D eigenvalue weighted by Crippen LogP contribution is 2.35. The van der Waals surface area contributed by atoms with Gasteiger partial charge in [-0.2, -0.15) is 0 Å². The summed E-state index contributed by atoms with van der Waals surface area (Å²) < 4.78 is 0.528. The van der Waals surface area contributed by atoms with Gasteiger partial charge in [0.05, 0.1) is 17.0 Å². The van der Waals surface area contributed by atoms with E-state index in [1.54, 1.807) is 18.5 Å². The van der Waals surface area contributed by atoms with Gasteiger partial charge in [0.2, 0.25) is 0 Å². The highest BCUT2D eigenvalue weighted by Gasteiger charge is 2.18. The molecule has 7 nitrogen and oxygen atoms in total. The van der Waals surface area contributed by atoms with Gasteiger partial charge in [-0.25, -0.2) is 9.97 Å². The molecule has 0 saturated carbocycles. The number of rotatable bonds is 5. The first-order valence-electron chi connectivity index (χ1n) is 5.41. The molecule has 0 bridgehead atoms. The minimum atomic E-state index is -0.966. The van der Waals surface area contributed by atoms with Crippen molar-refractivity contribution in [2.24, 2.45) is 0 Å². The largest absolute Gasteiger partial charge is 0.481 e.